The molecular weight excluding hydrogens is 568 g/mol. The van der Waals surface area contributed by atoms with Crippen molar-refractivity contribution in [2.75, 3.05) is 28.4 Å². The Morgan fingerprint density at radius 1 is 0.568 bits per heavy atom. The van der Waals surface area contributed by atoms with Crippen LogP contribution in [0, 0.1) is 0 Å². The highest BCUT2D eigenvalue weighted by Gasteiger charge is 2.24. The van der Waals surface area contributed by atoms with Crippen molar-refractivity contribution in [3.63, 3.8) is 0 Å². The molecule has 2 atom stereocenters. The zero-order chi connectivity index (χ0) is 32.2. The van der Waals surface area contributed by atoms with Crippen molar-refractivity contribution in [3.05, 3.63) is 70.8 Å². The van der Waals surface area contributed by atoms with E-state index in [2.05, 4.69) is 0 Å². The topological polar surface area (TPSA) is 130 Å². The second-order valence-corrected chi connectivity index (χ2v) is 9.55. The fourth-order valence-electron chi connectivity index (χ4n) is 4.23. The number of methoxy groups -OCH3 is 4. The Morgan fingerprint density at radius 2 is 0.841 bits per heavy atom. The van der Waals surface area contributed by atoms with Gasteiger partial charge in [0.25, 0.3) is 0 Å². The smallest absolute Gasteiger partial charge is 0.344 e. The number of carbonyl (C=O) groups is 2. The summed E-state index contributed by atoms with van der Waals surface area (Å²) in [6.45, 7) is 3.45. The number of ether oxygens (including phenoxy) is 6. The Labute approximate surface area is 257 Å². The van der Waals surface area contributed by atoms with Crippen LogP contribution >= 0.6 is 0 Å². The number of carboxylic acid groups (broad SMARTS) is 2. The van der Waals surface area contributed by atoms with Gasteiger partial charge in [-0.3, -0.25) is 0 Å². The van der Waals surface area contributed by atoms with E-state index < -0.39 is 24.1 Å². The number of rotatable bonds is 16. The third-order valence-corrected chi connectivity index (χ3v) is 6.65. The largest absolute Gasteiger partial charge is 0.493 e. The molecular formula is C34H38O10. The molecule has 0 bridgehead atoms. The lowest BCUT2D eigenvalue weighted by atomic mass is 10.1. The standard InChI is InChI=1S/C34H38O10/c1-7-25(33(35)36)43-31-27(39-3)17-23(18-28(31)40-4)15-13-21-9-11-22(12-10-21)14-16-24-19-29(41-5)32(30(20-24)42-6)44-26(8-2)34(37)38/h9-20,25-26H,7-8H2,1-6H3,(H,35,36)(H,37,38)/b15-13+,16-14+. The monoisotopic (exact) mass is 606 g/mol. The third kappa shape index (κ3) is 8.47. The summed E-state index contributed by atoms with van der Waals surface area (Å²) in [5.74, 6) is -0.199. The van der Waals surface area contributed by atoms with Crippen LogP contribution in [0.25, 0.3) is 24.3 Å². The van der Waals surface area contributed by atoms with Crippen molar-refractivity contribution >= 4 is 36.2 Å². The quantitative estimate of drug-likeness (QED) is 0.173. The molecule has 2 N–H and O–H groups in total. The number of hydrogen-bond donors (Lipinski definition) is 2. The summed E-state index contributed by atoms with van der Waals surface area (Å²) >= 11 is 0. The molecule has 0 saturated heterocycles. The van der Waals surface area contributed by atoms with Crippen molar-refractivity contribution in [3.8, 4) is 34.5 Å². The molecule has 0 radical (unpaired) electrons. The first-order valence-corrected chi connectivity index (χ1v) is 13.9. The number of benzene rings is 3. The van der Waals surface area contributed by atoms with E-state index in [1.807, 2.05) is 48.6 Å². The van der Waals surface area contributed by atoms with Gasteiger partial charge >= 0.3 is 11.9 Å². The molecule has 0 aromatic heterocycles. The maximum atomic E-state index is 11.5. The second kappa shape index (κ2) is 15.9. The highest BCUT2D eigenvalue weighted by molar-refractivity contribution is 5.77. The third-order valence-electron chi connectivity index (χ3n) is 6.65. The van der Waals surface area contributed by atoms with E-state index in [-0.39, 0.29) is 24.3 Å². The lowest BCUT2D eigenvalue weighted by Gasteiger charge is -2.19. The van der Waals surface area contributed by atoms with E-state index in [0.717, 1.165) is 22.3 Å². The highest BCUT2D eigenvalue weighted by atomic mass is 16.6. The summed E-state index contributed by atoms with van der Waals surface area (Å²) < 4.78 is 33.3. The molecule has 234 valence electrons. The van der Waals surface area contributed by atoms with Gasteiger partial charge < -0.3 is 38.6 Å². The maximum Gasteiger partial charge on any atom is 0.344 e. The number of hydrogen-bond acceptors (Lipinski definition) is 8. The van der Waals surface area contributed by atoms with Crippen LogP contribution in [0.5, 0.6) is 34.5 Å². The Balaban J connectivity index is 1.79. The first-order chi connectivity index (χ1) is 21.2. The fourth-order valence-corrected chi connectivity index (χ4v) is 4.23. The summed E-state index contributed by atoms with van der Waals surface area (Å²) in [7, 11) is 5.94. The van der Waals surface area contributed by atoms with Gasteiger partial charge in [0.2, 0.25) is 11.5 Å². The molecule has 0 aliphatic carbocycles. The molecule has 10 nitrogen and oxygen atoms in total. The van der Waals surface area contributed by atoms with Gasteiger partial charge in [-0.05, 0) is 59.4 Å². The van der Waals surface area contributed by atoms with Crippen LogP contribution in [0.4, 0.5) is 0 Å². The van der Waals surface area contributed by atoms with Crippen LogP contribution in [0.2, 0.25) is 0 Å². The van der Waals surface area contributed by atoms with Crippen LogP contribution in [0.1, 0.15) is 48.9 Å². The second-order valence-electron chi connectivity index (χ2n) is 9.55. The molecule has 0 fully saturated rings. The predicted octanol–water partition coefficient (Wildman–Crippen LogP) is 6.55. The molecule has 0 heterocycles. The van der Waals surface area contributed by atoms with Gasteiger partial charge in [-0.2, -0.15) is 0 Å². The molecule has 3 aromatic rings. The minimum atomic E-state index is -1.07. The first kappa shape index (κ1) is 33.4. The van der Waals surface area contributed by atoms with Gasteiger partial charge in [-0.1, -0.05) is 62.4 Å². The summed E-state index contributed by atoms with van der Waals surface area (Å²) in [5.41, 5.74) is 3.46. The van der Waals surface area contributed by atoms with Crippen molar-refractivity contribution < 1.29 is 48.2 Å². The number of carboxylic acids is 2. The molecule has 0 aliphatic heterocycles. The highest BCUT2D eigenvalue weighted by Crippen LogP contribution is 2.41. The van der Waals surface area contributed by atoms with Crippen LogP contribution in [0.15, 0.2) is 48.5 Å². The summed E-state index contributed by atoms with van der Waals surface area (Å²) in [6.07, 6.45) is 6.17. The molecule has 2 unspecified atom stereocenters. The lowest BCUT2D eigenvalue weighted by Crippen LogP contribution is -2.26. The van der Waals surface area contributed by atoms with Gasteiger partial charge in [0, 0.05) is 0 Å². The van der Waals surface area contributed by atoms with Crippen molar-refractivity contribution in [2.45, 2.75) is 38.9 Å². The summed E-state index contributed by atoms with van der Waals surface area (Å²) in [6, 6.07) is 14.9. The summed E-state index contributed by atoms with van der Waals surface area (Å²) in [4.78, 5) is 22.9. The van der Waals surface area contributed by atoms with Gasteiger partial charge in [0.15, 0.2) is 35.2 Å². The van der Waals surface area contributed by atoms with Crippen molar-refractivity contribution in [1.29, 1.82) is 0 Å². The van der Waals surface area contributed by atoms with E-state index >= 15 is 0 Å². The predicted molar refractivity (Wildman–Crippen MR) is 168 cm³/mol. The summed E-state index contributed by atoms with van der Waals surface area (Å²) in [5, 5.41) is 18.8. The zero-order valence-electron chi connectivity index (χ0n) is 25.7. The Bertz CT molecular complexity index is 1330. The molecule has 0 aliphatic rings. The molecule has 44 heavy (non-hydrogen) atoms. The van der Waals surface area contributed by atoms with Gasteiger partial charge in [-0.15, -0.1) is 0 Å². The van der Waals surface area contributed by atoms with Crippen LogP contribution in [-0.4, -0.2) is 62.8 Å². The minimum Gasteiger partial charge on any atom is -0.493 e. The zero-order valence-corrected chi connectivity index (χ0v) is 25.7. The molecule has 0 spiro atoms. The van der Waals surface area contributed by atoms with Crippen LogP contribution in [-0.2, 0) is 9.59 Å². The Hall–Kier alpha value is -5.12. The maximum absolute atomic E-state index is 11.5. The van der Waals surface area contributed by atoms with E-state index in [9.17, 15) is 19.8 Å². The fraction of sp³-hybridized carbons (Fsp3) is 0.294. The Kier molecular flexibility index (Phi) is 12.1. The minimum absolute atomic E-state index is 0.236. The van der Waals surface area contributed by atoms with Crippen LogP contribution < -0.4 is 28.4 Å². The van der Waals surface area contributed by atoms with Gasteiger partial charge in [0.05, 0.1) is 28.4 Å². The van der Waals surface area contributed by atoms with Gasteiger partial charge in [0.1, 0.15) is 0 Å². The number of aliphatic carboxylic acids is 2. The SMILES string of the molecule is CCC(Oc1c(OC)cc(/C=C/c2ccc(/C=C/c3cc(OC)c(OC(CC)C(=O)O)c(OC)c3)cc2)cc1OC)C(=O)O. The van der Waals surface area contributed by atoms with Crippen molar-refractivity contribution in [2.24, 2.45) is 0 Å². The van der Waals surface area contributed by atoms with E-state index in [1.165, 1.54) is 28.4 Å². The van der Waals surface area contributed by atoms with Crippen LogP contribution in [0.3, 0.4) is 0 Å². The van der Waals surface area contributed by atoms with Crippen molar-refractivity contribution in [1.82, 2.24) is 0 Å². The normalized spacial score (nSPS) is 12.5. The molecule has 3 aromatic carbocycles. The molecule has 0 saturated carbocycles. The van der Waals surface area contributed by atoms with E-state index in [0.29, 0.717) is 23.0 Å². The van der Waals surface area contributed by atoms with Gasteiger partial charge in [-0.25, -0.2) is 9.59 Å². The molecule has 10 heteroatoms. The first-order valence-electron chi connectivity index (χ1n) is 13.9. The average Bonchev–Trinajstić information content (AvgIpc) is 3.03. The van der Waals surface area contributed by atoms with E-state index in [1.54, 1.807) is 38.1 Å². The van der Waals surface area contributed by atoms with E-state index in [4.69, 9.17) is 28.4 Å². The molecule has 0 amide bonds. The lowest BCUT2D eigenvalue weighted by molar-refractivity contribution is -0.146. The Morgan fingerprint density at radius 3 is 1.07 bits per heavy atom. The molecule has 3 rings (SSSR count). The average molecular weight is 607 g/mol.